The van der Waals surface area contributed by atoms with Crippen LogP contribution < -0.4 is 10.9 Å². The van der Waals surface area contributed by atoms with Crippen molar-refractivity contribution in [2.24, 2.45) is 7.05 Å². The number of anilines is 2. The van der Waals surface area contributed by atoms with Gasteiger partial charge >= 0.3 is 0 Å². The zero-order chi connectivity index (χ0) is 22.9. The van der Waals surface area contributed by atoms with Gasteiger partial charge in [-0.2, -0.15) is 5.10 Å². The minimum Gasteiger partial charge on any atom is -0.394 e. The van der Waals surface area contributed by atoms with Crippen molar-refractivity contribution in [2.75, 3.05) is 11.9 Å². The Morgan fingerprint density at radius 2 is 2.00 bits per heavy atom. The molecule has 3 aromatic heterocycles. The average molecular weight is 455 g/mol. The molecule has 0 saturated carbocycles. The van der Waals surface area contributed by atoms with Crippen LogP contribution in [0, 0.1) is 5.82 Å². The smallest absolute Gasteiger partial charge is 0.252 e. The molecular weight excluding hydrogens is 435 g/mol. The largest absolute Gasteiger partial charge is 0.394 e. The van der Waals surface area contributed by atoms with Gasteiger partial charge in [-0.25, -0.2) is 14.4 Å². The topological polar surface area (TPSA) is 97.9 Å². The molecule has 0 spiro atoms. The number of nitrogens with one attached hydrogen (secondary N) is 1. The molecule has 1 atom stereocenters. The van der Waals surface area contributed by atoms with Crippen LogP contribution in [0.3, 0.4) is 0 Å². The van der Waals surface area contributed by atoms with Crippen LogP contribution in [0.4, 0.5) is 16.2 Å². The van der Waals surface area contributed by atoms with Gasteiger partial charge in [-0.15, -0.1) is 0 Å². The summed E-state index contributed by atoms with van der Waals surface area (Å²) in [5.41, 5.74) is -0.0315. The van der Waals surface area contributed by atoms with E-state index in [1.54, 1.807) is 61.5 Å². The van der Waals surface area contributed by atoms with Gasteiger partial charge in [0.25, 0.3) is 5.56 Å². The molecule has 0 radical (unpaired) electrons. The fourth-order valence-corrected chi connectivity index (χ4v) is 3.49. The molecule has 1 unspecified atom stereocenters. The predicted octanol–water partition coefficient (Wildman–Crippen LogP) is 3.33. The van der Waals surface area contributed by atoms with Gasteiger partial charge in [-0.1, -0.05) is 17.7 Å². The SMILES string of the molecule is Cn1nccc1Nc1nccc(-c2ccn(C(C)(CO)c3ccc(Cl)c(F)c3)c(=O)c2)n1. The summed E-state index contributed by atoms with van der Waals surface area (Å²) in [7, 11) is 1.79. The molecule has 10 heteroatoms. The molecule has 0 saturated heterocycles. The van der Waals surface area contributed by atoms with Crippen LogP contribution in [0.5, 0.6) is 0 Å². The number of hydrogen-bond acceptors (Lipinski definition) is 6. The second kappa shape index (κ2) is 8.52. The summed E-state index contributed by atoms with van der Waals surface area (Å²) < 4.78 is 17.0. The zero-order valence-electron chi connectivity index (χ0n) is 17.3. The van der Waals surface area contributed by atoms with E-state index >= 15 is 0 Å². The first kappa shape index (κ1) is 21.7. The lowest BCUT2D eigenvalue weighted by Gasteiger charge is -2.31. The third-order valence-electron chi connectivity index (χ3n) is 5.31. The first-order valence-corrected chi connectivity index (χ1v) is 10.1. The summed E-state index contributed by atoms with van der Waals surface area (Å²) >= 11 is 5.78. The normalized spacial score (nSPS) is 13.0. The molecule has 2 N–H and O–H groups in total. The Bertz CT molecular complexity index is 1340. The van der Waals surface area contributed by atoms with Crippen LogP contribution >= 0.6 is 11.6 Å². The van der Waals surface area contributed by atoms with Gasteiger partial charge in [-0.3, -0.25) is 9.48 Å². The standard InChI is InChI=1S/C22H20ClFN6O2/c1-22(13-31,15-3-4-16(23)17(24)12-15)30-10-7-14(11-20(30)32)18-5-8-25-21(27-18)28-19-6-9-26-29(19)2/h3-12,31H,13H2,1-2H3,(H,25,27,28). The fraction of sp³-hybridized carbons (Fsp3) is 0.182. The lowest BCUT2D eigenvalue weighted by Crippen LogP contribution is -2.42. The van der Waals surface area contributed by atoms with Crippen molar-refractivity contribution < 1.29 is 9.50 Å². The molecule has 0 fully saturated rings. The predicted molar refractivity (Wildman–Crippen MR) is 119 cm³/mol. The van der Waals surface area contributed by atoms with E-state index in [-0.39, 0.29) is 10.6 Å². The summed E-state index contributed by atoms with van der Waals surface area (Å²) in [5, 5.41) is 17.2. The first-order chi connectivity index (χ1) is 15.3. The highest BCUT2D eigenvalue weighted by molar-refractivity contribution is 6.30. The number of hydrogen-bond donors (Lipinski definition) is 2. The van der Waals surface area contributed by atoms with Crippen LogP contribution in [-0.4, -0.2) is 36.0 Å². The van der Waals surface area contributed by atoms with E-state index in [1.807, 2.05) is 0 Å². The van der Waals surface area contributed by atoms with Crippen LogP contribution in [0.25, 0.3) is 11.3 Å². The third-order valence-corrected chi connectivity index (χ3v) is 5.62. The van der Waals surface area contributed by atoms with Gasteiger partial charge < -0.3 is 15.0 Å². The van der Waals surface area contributed by atoms with E-state index in [9.17, 15) is 14.3 Å². The molecule has 0 aliphatic rings. The first-order valence-electron chi connectivity index (χ1n) is 9.70. The summed E-state index contributed by atoms with van der Waals surface area (Å²) in [6.45, 7) is 1.23. The van der Waals surface area contributed by atoms with Gasteiger partial charge in [0.2, 0.25) is 5.95 Å². The van der Waals surface area contributed by atoms with E-state index in [0.717, 1.165) is 0 Å². The summed E-state index contributed by atoms with van der Waals surface area (Å²) in [6.07, 6.45) is 4.79. The molecule has 32 heavy (non-hydrogen) atoms. The number of halogens is 2. The number of aromatic nitrogens is 5. The minimum atomic E-state index is -1.18. The molecule has 1 aromatic carbocycles. The molecule has 164 valence electrons. The van der Waals surface area contributed by atoms with Crippen molar-refractivity contribution in [2.45, 2.75) is 12.5 Å². The molecule has 0 aliphatic carbocycles. The lowest BCUT2D eigenvalue weighted by atomic mass is 9.92. The van der Waals surface area contributed by atoms with Gasteiger partial charge in [0, 0.05) is 37.1 Å². The van der Waals surface area contributed by atoms with Crippen LogP contribution in [-0.2, 0) is 12.6 Å². The average Bonchev–Trinajstić information content (AvgIpc) is 3.19. The molecule has 0 aliphatic heterocycles. The van der Waals surface area contributed by atoms with Gasteiger partial charge in [0.15, 0.2) is 0 Å². The van der Waals surface area contributed by atoms with E-state index < -0.39 is 18.0 Å². The van der Waals surface area contributed by atoms with Crippen molar-refractivity contribution in [1.29, 1.82) is 0 Å². The third kappa shape index (κ3) is 4.00. The molecule has 4 aromatic rings. The highest BCUT2D eigenvalue weighted by Gasteiger charge is 2.30. The van der Waals surface area contributed by atoms with Crippen molar-refractivity contribution in [1.82, 2.24) is 24.3 Å². The summed E-state index contributed by atoms with van der Waals surface area (Å²) in [4.78, 5) is 21.7. The highest BCUT2D eigenvalue weighted by atomic mass is 35.5. The Morgan fingerprint density at radius 1 is 1.19 bits per heavy atom. The van der Waals surface area contributed by atoms with E-state index in [0.29, 0.717) is 28.6 Å². The summed E-state index contributed by atoms with van der Waals surface area (Å²) in [6, 6.07) is 10.8. The van der Waals surface area contributed by atoms with Gasteiger partial charge in [0.05, 0.1) is 29.1 Å². The number of aryl methyl sites for hydroxylation is 1. The van der Waals surface area contributed by atoms with Gasteiger partial charge in [0.1, 0.15) is 11.6 Å². The van der Waals surface area contributed by atoms with Crippen LogP contribution in [0.2, 0.25) is 5.02 Å². The van der Waals surface area contributed by atoms with Crippen LogP contribution in [0.1, 0.15) is 12.5 Å². The van der Waals surface area contributed by atoms with E-state index in [4.69, 9.17) is 11.6 Å². The number of aliphatic hydroxyl groups is 1. The Balaban J connectivity index is 1.69. The second-order valence-electron chi connectivity index (χ2n) is 7.42. The minimum absolute atomic E-state index is 0.0315. The number of nitrogens with zero attached hydrogens (tertiary/aromatic N) is 5. The molecular formula is C22H20ClFN6O2. The zero-order valence-corrected chi connectivity index (χ0v) is 18.1. The molecule has 0 bridgehead atoms. The number of pyridine rings is 1. The number of rotatable bonds is 6. The molecule has 4 rings (SSSR count). The fourth-order valence-electron chi connectivity index (χ4n) is 3.37. The second-order valence-corrected chi connectivity index (χ2v) is 7.82. The van der Waals surface area contributed by atoms with Crippen LogP contribution in [0.15, 0.2) is 65.8 Å². The van der Waals surface area contributed by atoms with Crippen molar-refractivity contribution in [3.63, 3.8) is 0 Å². The maximum absolute atomic E-state index is 14.0. The number of aliphatic hydroxyl groups excluding tert-OH is 1. The van der Waals surface area contributed by atoms with Crippen molar-refractivity contribution in [3.05, 3.63) is 87.8 Å². The Hall–Kier alpha value is -3.56. The number of benzene rings is 1. The Labute approximate surface area is 188 Å². The monoisotopic (exact) mass is 454 g/mol. The quantitative estimate of drug-likeness (QED) is 0.463. The van der Waals surface area contributed by atoms with Crippen molar-refractivity contribution >= 4 is 23.4 Å². The van der Waals surface area contributed by atoms with E-state index in [1.165, 1.54) is 22.8 Å². The van der Waals surface area contributed by atoms with Crippen molar-refractivity contribution in [3.8, 4) is 11.3 Å². The molecule has 3 heterocycles. The highest BCUT2D eigenvalue weighted by Crippen LogP contribution is 2.28. The Morgan fingerprint density at radius 3 is 2.66 bits per heavy atom. The molecule has 8 nitrogen and oxygen atoms in total. The Kier molecular flexibility index (Phi) is 5.77. The summed E-state index contributed by atoms with van der Waals surface area (Å²) in [5.74, 6) is 0.446. The van der Waals surface area contributed by atoms with Gasteiger partial charge in [-0.05, 0) is 36.8 Å². The van der Waals surface area contributed by atoms with E-state index in [2.05, 4.69) is 20.4 Å². The maximum Gasteiger partial charge on any atom is 0.252 e. The molecule has 0 amide bonds. The lowest BCUT2D eigenvalue weighted by molar-refractivity contribution is 0.177. The maximum atomic E-state index is 14.0.